The van der Waals surface area contributed by atoms with E-state index >= 15 is 0 Å². The van der Waals surface area contributed by atoms with Crippen LogP contribution in [0.3, 0.4) is 0 Å². The van der Waals surface area contributed by atoms with Crippen LogP contribution in [-0.4, -0.2) is 15.5 Å². The molecule has 0 radical (unpaired) electrons. The van der Waals surface area contributed by atoms with Crippen LogP contribution in [0.15, 0.2) is 6.20 Å². The van der Waals surface area contributed by atoms with Crippen molar-refractivity contribution in [2.24, 2.45) is 5.84 Å². The minimum absolute atomic E-state index is 0.0684. The lowest BCUT2D eigenvalue weighted by atomic mass is 10.0. The molecule has 16 heavy (non-hydrogen) atoms. The van der Waals surface area contributed by atoms with Gasteiger partial charge in [0.15, 0.2) is 11.6 Å². The number of rotatable bonds is 3. The molecular formula is C10H16FN5. The lowest BCUT2D eigenvalue weighted by Crippen LogP contribution is -2.32. The highest BCUT2D eigenvalue weighted by Gasteiger charge is 2.29. The fourth-order valence-electron chi connectivity index (χ4n) is 2.09. The molecule has 4 N–H and O–H groups in total. The molecular weight excluding hydrogens is 209 g/mol. The fourth-order valence-corrected chi connectivity index (χ4v) is 2.09. The Morgan fingerprint density at radius 3 is 2.75 bits per heavy atom. The van der Waals surface area contributed by atoms with Gasteiger partial charge in [0.05, 0.1) is 6.20 Å². The molecule has 6 heteroatoms. The van der Waals surface area contributed by atoms with E-state index in [1.807, 2.05) is 0 Å². The molecule has 0 amide bonds. The molecule has 0 atom stereocenters. The van der Waals surface area contributed by atoms with Crippen molar-refractivity contribution < 1.29 is 4.39 Å². The Balaban J connectivity index is 2.19. The van der Waals surface area contributed by atoms with Crippen LogP contribution in [0.1, 0.15) is 32.6 Å². The van der Waals surface area contributed by atoms with Gasteiger partial charge in [-0.3, -0.25) is 5.43 Å². The zero-order chi connectivity index (χ0) is 11.6. The third-order valence-corrected chi connectivity index (χ3v) is 3.00. The second-order valence-electron chi connectivity index (χ2n) is 4.43. The summed E-state index contributed by atoms with van der Waals surface area (Å²) in [6.45, 7) is 2.08. The van der Waals surface area contributed by atoms with E-state index in [9.17, 15) is 4.39 Å². The molecule has 1 aliphatic carbocycles. The van der Waals surface area contributed by atoms with Crippen molar-refractivity contribution in [3.63, 3.8) is 0 Å². The number of hydrogen-bond acceptors (Lipinski definition) is 5. The molecule has 2 rings (SSSR count). The third kappa shape index (κ3) is 2.21. The van der Waals surface area contributed by atoms with Crippen LogP contribution < -0.4 is 16.6 Å². The van der Waals surface area contributed by atoms with E-state index in [4.69, 9.17) is 5.84 Å². The Morgan fingerprint density at radius 1 is 1.44 bits per heavy atom. The van der Waals surface area contributed by atoms with Crippen LogP contribution in [0.25, 0.3) is 0 Å². The van der Waals surface area contributed by atoms with E-state index in [0.29, 0.717) is 0 Å². The zero-order valence-corrected chi connectivity index (χ0v) is 9.26. The summed E-state index contributed by atoms with van der Waals surface area (Å²) in [6.07, 6.45) is 5.50. The maximum absolute atomic E-state index is 13.5. The summed E-state index contributed by atoms with van der Waals surface area (Å²) in [5.74, 6) is 5.16. The van der Waals surface area contributed by atoms with E-state index in [1.54, 1.807) is 0 Å². The van der Waals surface area contributed by atoms with Crippen molar-refractivity contribution in [1.29, 1.82) is 0 Å². The first kappa shape index (κ1) is 11.1. The molecule has 0 aliphatic heterocycles. The molecule has 1 aromatic rings. The van der Waals surface area contributed by atoms with Gasteiger partial charge in [-0.25, -0.2) is 15.2 Å². The van der Waals surface area contributed by atoms with Crippen LogP contribution in [0.5, 0.6) is 0 Å². The molecule has 1 heterocycles. The van der Waals surface area contributed by atoms with Crippen LogP contribution in [0.4, 0.5) is 16.2 Å². The molecule has 88 valence electrons. The van der Waals surface area contributed by atoms with Crippen molar-refractivity contribution in [2.75, 3.05) is 10.7 Å². The van der Waals surface area contributed by atoms with Gasteiger partial charge in [0, 0.05) is 5.54 Å². The standard InChI is InChI=1S/C10H16FN5/c1-10(4-2-3-5-10)15-8-7(11)6-13-9(14-8)16-12/h6H,2-5,12H2,1H3,(H2,13,14,15,16). The van der Waals surface area contributed by atoms with E-state index < -0.39 is 5.82 Å². The number of nitrogen functional groups attached to an aromatic ring is 1. The normalized spacial score (nSPS) is 18.4. The topological polar surface area (TPSA) is 75.9 Å². The fraction of sp³-hybridized carbons (Fsp3) is 0.600. The van der Waals surface area contributed by atoms with Gasteiger partial charge < -0.3 is 5.32 Å². The Bertz CT molecular complexity index is 375. The van der Waals surface area contributed by atoms with Crippen molar-refractivity contribution >= 4 is 11.8 Å². The van der Waals surface area contributed by atoms with Gasteiger partial charge in [-0.05, 0) is 19.8 Å². The van der Waals surface area contributed by atoms with E-state index in [0.717, 1.165) is 31.9 Å². The number of hydrazine groups is 1. The van der Waals surface area contributed by atoms with Crippen molar-refractivity contribution in [3.8, 4) is 0 Å². The Kier molecular flexibility index (Phi) is 2.91. The number of anilines is 2. The second kappa shape index (κ2) is 4.21. The van der Waals surface area contributed by atoms with Gasteiger partial charge in [0.2, 0.25) is 5.95 Å². The number of nitrogens with zero attached hydrogens (tertiary/aromatic N) is 2. The molecule has 5 nitrogen and oxygen atoms in total. The van der Waals surface area contributed by atoms with Crippen molar-refractivity contribution in [2.45, 2.75) is 38.1 Å². The number of nitrogens with two attached hydrogens (primary N) is 1. The summed E-state index contributed by atoms with van der Waals surface area (Å²) in [5, 5.41) is 3.14. The van der Waals surface area contributed by atoms with Gasteiger partial charge in [-0.15, -0.1) is 0 Å². The van der Waals surface area contributed by atoms with Crippen molar-refractivity contribution in [1.82, 2.24) is 9.97 Å². The van der Waals surface area contributed by atoms with Crippen molar-refractivity contribution in [3.05, 3.63) is 12.0 Å². The molecule has 0 bridgehead atoms. The van der Waals surface area contributed by atoms with Crippen LogP contribution in [0.2, 0.25) is 0 Å². The maximum Gasteiger partial charge on any atom is 0.239 e. The lowest BCUT2D eigenvalue weighted by Gasteiger charge is -2.26. The first-order valence-electron chi connectivity index (χ1n) is 5.40. The molecule has 0 saturated heterocycles. The minimum Gasteiger partial charge on any atom is -0.362 e. The molecule has 1 saturated carbocycles. The van der Waals surface area contributed by atoms with Gasteiger partial charge in [0.25, 0.3) is 0 Å². The third-order valence-electron chi connectivity index (χ3n) is 3.00. The summed E-state index contributed by atoms with van der Waals surface area (Å²) in [4.78, 5) is 7.66. The molecule has 0 spiro atoms. The predicted molar refractivity (Wildman–Crippen MR) is 60.3 cm³/mol. The lowest BCUT2D eigenvalue weighted by molar-refractivity contribution is 0.520. The van der Waals surface area contributed by atoms with Crippen LogP contribution >= 0.6 is 0 Å². The number of aromatic nitrogens is 2. The molecule has 0 unspecified atom stereocenters. The summed E-state index contributed by atoms with van der Waals surface area (Å²) in [5.41, 5.74) is 2.23. The highest BCUT2D eigenvalue weighted by molar-refractivity contribution is 5.43. The van der Waals surface area contributed by atoms with Gasteiger partial charge in [-0.1, -0.05) is 12.8 Å². The zero-order valence-electron chi connectivity index (χ0n) is 9.26. The first-order chi connectivity index (χ1) is 7.63. The van der Waals surface area contributed by atoms with Crippen LogP contribution in [0, 0.1) is 5.82 Å². The monoisotopic (exact) mass is 225 g/mol. The first-order valence-corrected chi connectivity index (χ1v) is 5.40. The van der Waals surface area contributed by atoms with E-state index in [1.165, 1.54) is 0 Å². The number of halogens is 1. The van der Waals surface area contributed by atoms with E-state index in [-0.39, 0.29) is 17.3 Å². The van der Waals surface area contributed by atoms with E-state index in [2.05, 4.69) is 27.6 Å². The summed E-state index contributed by atoms with van der Waals surface area (Å²) in [6, 6.07) is 0. The summed E-state index contributed by atoms with van der Waals surface area (Å²) >= 11 is 0. The predicted octanol–water partition coefficient (Wildman–Crippen LogP) is 1.65. The Labute approximate surface area is 93.6 Å². The van der Waals surface area contributed by atoms with Gasteiger partial charge >= 0.3 is 0 Å². The minimum atomic E-state index is -0.452. The molecule has 1 aromatic heterocycles. The number of nitrogens with one attached hydrogen (secondary N) is 2. The Morgan fingerprint density at radius 2 is 2.12 bits per heavy atom. The SMILES string of the molecule is CC1(Nc2nc(NN)ncc2F)CCCC1. The average Bonchev–Trinajstić information content (AvgIpc) is 2.68. The Hall–Kier alpha value is -1.43. The molecule has 0 aromatic carbocycles. The second-order valence-corrected chi connectivity index (χ2v) is 4.43. The highest BCUT2D eigenvalue weighted by Crippen LogP contribution is 2.32. The summed E-state index contributed by atoms with van der Waals surface area (Å²) < 4.78 is 13.5. The quantitative estimate of drug-likeness (QED) is 0.538. The molecule has 1 fully saturated rings. The average molecular weight is 225 g/mol. The van der Waals surface area contributed by atoms with Crippen LogP contribution in [-0.2, 0) is 0 Å². The summed E-state index contributed by atoms with van der Waals surface area (Å²) in [7, 11) is 0. The highest BCUT2D eigenvalue weighted by atomic mass is 19.1. The molecule has 1 aliphatic rings. The van der Waals surface area contributed by atoms with Gasteiger partial charge in [-0.2, -0.15) is 4.98 Å². The smallest absolute Gasteiger partial charge is 0.239 e. The number of hydrogen-bond donors (Lipinski definition) is 3. The van der Waals surface area contributed by atoms with Gasteiger partial charge in [0.1, 0.15) is 0 Å². The largest absolute Gasteiger partial charge is 0.362 e. The maximum atomic E-state index is 13.5.